The first kappa shape index (κ1) is 11.5. The standard InChI is InChI=1S/C11H15ClN2O2/c1-14-10(12)8(9(13-14)11(15)16)7-5-3-2-4-6-7/h7H,2-6H2,1H3,(H,15,16). The molecule has 5 heteroatoms. The minimum atomic E-state index is -0.983. The van der Waals surface area contributed by atoms with Crippen LogP contribution in [0.15, 0.2) is 0 Å². The Morgan fingerprint density at radius 3 is 2.62 bits per heavy atom. The van der Waals surface area contributed by atoms with Crippen LogP contribution >= 0.6 is 11.6 Å². The molecule has 1 aliphatic rings. The van der Waals surface area contributed by atoms with Crippen LogP contribution in [0, 0.1) is 0 Å². The fourth-order valence-corrected chi connectivity index (χ4v) is 2.71. The number of carbonyl (C=O) groups is 1. The predicted molar refractivity (Wildman–Crippen MR) is 61.0 cm³/mol. The van der Waals surface area contributed by atoms with Gasteiger partial charge in [0.05, 0.1) is 0 Å². The molecule has 0 aromatic carbocycles. The summed E-state index contributed by atoms with van der Waals surface area (Å²) in [6, 6.07) is 0. The number of carboxylic acid groups (broad SMARTS) is 1. The van der Waals surface area contributed by atoms with E-state index in [0.717, 1.165) is 31.2 Å². The Bertz CT molecular complexity index is 408. The van der Waals surface area contributed by atoms with E-state index in [9.17, 15) is 4.79 Å². The van der Waals surface area contributed by atoms with E-state index >= 15 is 0 Å². The van der Waals surface area contributed by atoms with Gasteiger partial charge in [-0.2, -0.15) is 5.10 Å². The highest BCUT2D eigenvalue weighted by Gasteiger charge is 2.27. The zero-order chi connectivity index (χ0) is 11.7. The number of hydrogen-bond donors (Lipinski definition) is 1. The summed E-state index contributed by atoms with van der Waals surface area (Å²) in [6.45, 7) is 0. The highest BCUT2D eigenvalue weighted by molar-refractivity contribution is 6.30. The van der Waals surface area contributed by atoms with Crippen molar-refractivity contribution >= 4 is 17.6 Å². The lowest BCUT2D eigenvalue weighted by Gasteiger charge is -2.21. The fourth-order valence-electron chi connectivity index (χ4n) is 2.43. The number of nitrogens with zero attached hydrogens (tertiary/aromatic N) is 2. The third-order valence-corrected chi connectivity index (χ3v) is 3.68. The van der Waals surface area contributed by atoms with Gasteiger partial charge in [-0.05, 0) is 18.8 Å². The summed E-state index contributed by atoms with van der Waals surface area (Å²) in [5.74, 6) is -0.718. The molecule has 1 saturated carbocycles. The summed E-state index contributed by atoms with van der Waals surface area (Å²) in [6.07, 6.45) is 5.57. The van der Waals surface area contributed by atoms with Gasteiger partial charge in [-0.3, -0.25) is 4.68 Å². The molecule has 1 N–H and O–H groups in total. The molecule has 0 aliphatic heterocycles. The SMILES string of the molecule is Cn1nc(C(=O)O)c(C2CCCCC2)c1Cl. The second kappa shape index (κ2) is 4.45. The summed E-state index contributed by atoms with van der Waals surface area (Å²) < 4.78 is 1.45. The van der Waals surface area contributed by atoms with Gasteiger partial charge in [-0.1, -0.05) is 30.9 Å². The summed E-state index contributed by atoms with van der Waals surface area (Å²) in [5, 5.41) is 13.5. The molecule has 1 heterocycles. The van der Waals surface area contributed by atoms with Crippen molar-refractivity contribution in [2.45, 2.75) is 38.0 Å². The normalized spacial score (nSPS) is 17.6. The maximum Gasteiger partial charge on any atom is 0.356 e. The van der Waals surface area contributed by atoms with E-state index in [1.807, 2.05) is 0 Å². The smallest absolute Gasteiger partial charge is 0.356 e. The van der Waals surface area contributed by atoms with Gasteiger partial charge < -0.3 is 5.11 Å². The van der Waals surface area contributed by atoms with E-state index in [1.165, 1.54) is 11.1 Å². The zero-order valence-corrected chi connectivity index (χ0v) is 10.00. The van der Waals surface area contributed by atoms with Crippen molar-refractivity contribution in [3.05, 3.63) is 16.4 Å². The number of rotatable bonds is 2. The van der Waals surface area contributed by atoms with Gasteiger partial charge in [0.2, 0.25) is 0 Å². The van der Waals surface area contributed by atoms with Crippen LogP contribution in [0.3, 0.4) is 0 Å². The summed E-state index contributed by atoms with van der Waals surface area (Å²) in [4.78, 5) is 11.1. The van der Waals surface area contributed by atoms with E-state index in [0.29, 0.717) is 5.15 Å². The van der Waals surface area contributed by atoms with E-state index in [2.05, 4.69) is 5.10 Å². The van der Waals surface area contributed by atoms with Gasteiger partial charge in [0.1, 0.15) is 5.15 Å². The van der Waals surface area contributed by atoms with Crippen molar-refractivity contribution in [2.24, 2.45) is 7.05 Å². The summed E-state index contributed by atoms with van der Waals surface area (Å²) >= 11 is 6.13. The Morgan fingerprint density at radius 1 is 1.44 bits per heavy atom. The van der Waals surface area contributed by atoms with Gasteiger partial charge in [0.15, 0.2) is 5.69 Å². The number of halogens is 1. The molecule has 0 atom stereocenters. The van der Waals surface area contributed by atoms with Crippen LogP contribution in [0.4, 0.5) is 0 Å². The lowest BCUT2D eigenvalue weighted by Crippen LogP contribution is -2.09. The van der Waals surface area contributed by atoms with Crippen LogP contribution < -0.4 is 0 Å². The van der Waals surface area contributed by atoms with Crippen LogP contribution in [0.1, 0.15) is 54.1 Å². The number of hydrogen-bond acceptors (Lipinski definition) is 2. The van der Waals surface area contributed by atoms with Crippen molar-refractivity contribution in [1.29, 1.82) is 0 Å². The number of carboxylic acids is 1. The number of aryl methyl sites for hydroxylation is 1. The molecule has 0 bridgehead atoms. The van der Waals surface area contributed by atoms with E-state index in [-0.39, 0.29) is 11.6 Å². The first-order valence-electron chi connectivity index (χ1n) is 5.57. The van der Waals surface area contributed by atoms with Crippen molar-refractivity contribution in [2.75, 3.05) is 0 Å². The molecule has 1 fully saturated rings. The Labute approximate surface area is 99.2 Å². The van der Waals surface area contributed by atoms with E-state index < -0.39 is 5.97 Å². The van der Waals surface area contributed by atoms with Crippen molar-refractivity contribution < 1.29 is 9.90 Å². The highest BCUT2D eigenvalue weighted by atomic mass is 35.5. The van der Waals surface area contributed by atoms with Crippen molar-refractivity contribution in [3.8, 4) is 0 Å². The molecule has 0 amide bonds. The molecule has 1 aromatic heterocycles. The van der Waals surface area contributed by atoms with Crippen LogP contribution in [0.2, 0.25) is 5.15 Å². The lowest BCUT2D eigenvalue weighted by molar-refractivity contribution is 0.0687. The van der Waals surface area contributed by atoms with Gasteiger partial charge in [-0.25, -0.2) is 4.79 Å². The molecule has 0 radical (unpaired) electrons. The molecular weight excluding hydrogens is 228 g/mol. The Balaban J connectivity index is 2.40. The minimum Gasteiger partial charge on any atom is -0.476 e. The van der Waals surface area contributed by atoms with Gasteiger partial charge in [-0.15, -0.1) is 0 Å². The molecule has 0 spiro atoms. The summed E-state index contributed by atoms with van der Waals surface area (Å²) in [5.41, 5.74) is 0.857. The topological polar surface area (TPSA) is 55.1 Å². The fraction of sp³-hybridized carbons (Fsp3) is 0.636. The molecule has 0 unspecified atom stereocenters. The number of aromatic nitrogens is 2. The van der Waals surface area contributed by atoms with E-state index in [1.54, 1.807) is 7.05 Å². The molecule has 4 nitrogen and oxygen atoms in total. The largest absolute Gasteiger partial charge is 0.476 e. The average molecular weight is 243 g/mol. The van der Waals surface area contributed by atoms with E-state index in [4.69, 9.17) is 16.7 Å². The van der Waals surface area contributed by atoms with Gasteiger partial charge in [0.25, 0.3) is 0 Å². The monoisotopic (exact) mass is 242 g/mol. The molecule has 1 aromatic rings. The molecule has 0 saturated heterocycles. The molecule has 88 valence electrons. The maximum absolute atomic E-state index is 11.1. The maximum atomic E-state index is 11.1. The minimum absolute atomic E-state index is 0.124. The third-order valence-electron chi connectivity index (χ3n) is 3.23. The Hall–Kier alpha value is -1.03. The summed E-state index contributed by atoms with van der Waals surface area (Å²) in [7, 11) is 1.68. The van der Waals surface area contributed by atoms with Crippen molar-refractivity contribution in [1.82, 2.24) is 9.78 Å². The first-order valence-corrected chi connectivity index (χ1v) is 5.94. The van der Waals surface area contributed by atoms with Crippen LogP contribution in [-0.4, -0.2) is 20.9 Å². The second-order valence-electron chi connectivity index (χ2n) is 4.32. The van der Waals surface area contributed by atoms with Crippen molar-refractivity contribution in [3.63, 3.8) is 0 Å². The van der Waals surface area contributed by atoms with Gasteiger partial charge in [0, 0.05) is 12.6 Å². The van der Waals surface area contributed by atoms with Crippen LogP contribution in [-0.2, 0) is 7.05 Å². The molecule has 2 rings (SSSR count). The highest BCUT2D eigenvalue weighted by Crippen LogP contribution is 2.37. The quantitative estimate of drug-likeness (QED) is 0.868. The lowest BCUT2D eigenvalue weighted by atomic mass is 9.84. The number of aromatic carboxylic acids is 1. The second-order valence-corrected chi connectivity index (χ2v) is 4.67. The first-order chi connectivity index (χ1) is 7.61. The Kier molecular flexibility index (Phi) is 3.19. The van der Waals surface area contributed by atoms with Gasteiger partial charge >= 0.3 is 5.97 Å². The molecule has 1 aliphatic carbocycles. The average Bonchev–Trinajstić information content (AvgIpc) is 2.57. The van der Waals surface area contributed by atoms with Crippen LogP contribution in [0.25, 0.3) is 0 Å². The Morgan fingerprint density at radius 2 is 2.06 bits per heavy atom. The molecular formula is C11H15ClN2O2. The zero-order valence-electron chi connectivity index (χ0n) is 9.24. The predicted octanol–water partition coefficient (Wildman–Crippen LogP) is 2.82. The molecule has 16 heavy (non-hydrogen) atoms. The third kappa shape index (κ3) is 1.94. The van der Waals surface area contributed by atoms with Crippen LogP contribution in [0.5, 0.6) is 0 Å².